The highest BCUT2D eigenvalue weighted by Gasteiger charge is 2.12. The molecule has 0 unspecified atom stereocenters. The van der Waals surface area contributed by atoms with Gasteiger partial charge in [0.2, 0.25) is 5.91 Å². The van der Waals surface area contributed by atoms with Crippen LogP contribution in [0, 0.1) is 5.82 Å². The van der Waals surface area contributed by atoms with E-state index in [0.717, 1.165) is 11.4 Å². The highest BCUT2D eigenvalue weighted by atomic mass is 35.5. The Balaban J connectivity index is 1.56. The Morgan fingerprint density at radius 1 is 1.15 bits per heavy atom. The van der Waals surface area contributed by atoms with Gasteiger partial charge in [-0.3, -0.25) is 4.79 Å². The largest absolute Gasteiger partial charge is 0.325 e. The number of anilines is 1. The van der Waals surface area contributed by atoms with Gasteiger partial charge in [0.05, 0.1) is 5.75 Å². The number of carbonyl (C=O) groups excluding carboxylic acids is 1. The molecule has 3 rings (SSSR count). The predicted molar refractivity (Wildman–Crippen MR) is 101 cm³/mol. The number of carbonyl (C=O) groups is 1. The quantitative estimate of drug-likeness (QED) is 0.648. The van der Waals surface area contributed by atoms with Gasteiger partial charge in [-0.1, -0.05) is 35.5 Å². The highest BCUT2D eigenvalue weighted by molar-refractivity contribution is 7.99. The van der Waals surface area contributed by atoms with E-state index < -0.39 is 0 Å². The molecule has 1 N–H and O–H groups in total. The maximum Gasteiger partial charge on any atom is 0.234 e. The van der Waals surface area contributed by atoms with E-state index in [2.05, 4.69) is 15.5 Å². The molecule has 0 atom stereocenters. The normalized spacial score (nSPS) is 10.7. The van der Waals surface area contributed by atoms with Crippen molar-refractivity contribution in [1.29, 1.82) is 0 Å². The number of nitrogens with one attached hydrogen (secondary N) is 1. The van der Waals surface area contributed by atoms with Crippen molar-refractivity contribution in [2.75, 3.05) is 11.1 Å². The molecule has 134 valence electrons. The molecule has 0 aliphatic carbocycles. The molecular formula is C18H16ClFN4OS. The van der Waals surface area contributed by atoms with Crippen molar-refractivity contribution in [3.63, 3.8) is 0 Å². The lowest BCUT2D eigenvalue weighted by Crippen LogP contribution is -2.14. The van der Waals surface area contributed by atoms with Gasteiger partial charge in [-0.05, 0) is 42.0 Å². The Bertz CT molecular complexity index is 897. The summed E-state index contributed by atoms with van der Waals surface area (Å²) in [5.41, 5.74) is 1.63. The third-order valence-electron chi connectivity index (χ3n) is 3.66. The van der Waals surface area contributed by atoms with E-state index in [0.29, 0.717) is 22.3 Å². The number of benzene rings is 2. The fraction of sp³-hybridized carbons (Fsp3) is 0.167. The molecule has 0 bridgehead atoms. The van der Waals surface area contributed by atoms with Crippen molar-refractivity contribution in [1.82, 2.24) is 14.8 Å². The second-order valence-corrected chi connectivity index (χ2v) is 6.98. The number of nitrogens with zero attached hydrogens (tertiary/aromatic N) is 3. The molecule has 0 saturated carbocycles. The zero-order chi connectivity index (χ0) is 18.5. The zero-order valence-electron chi connectivity index (χ0n) is 13.9. The molecule has 2 aromatic carbocycles. The van der Waals surface area contributed by atoms with Crippen LogP contribution in [0.5, 0.6) is 0 Å². The van der Waals surface area contributed by atoms with Crippen LogP contribution in [-0.2, 0) is 18.3 Å². The van der Waals surface area contributed by atoms with Gasteiger partial charge in [0.15, 0.2) is 5.16 Å². The number of halogens is 2. The van der Waals surface area contributed by atoms with E-state index in [1.165, 1.54) is 36.0 Å². The lowest BCUT2D eigenvalue weighted by molar-refractivity contribution is -0.113. The zero-order valence-corrected chi connectivity index (χ0v) is 15.5. The SMILES string of the molecule is Cn1c(Cc2ccc(Cl)cc2)nnc1SCC(=O)Nc1ccc(F)cc1. The molecule has 1 amide bonds. The van der Waals surface area contributed by atoms with Gasteiger partial charge < -0.3 is 9.88 Å². The minimum atomic E-state index is -0.343. The first-order valence-corrected chi connectivity index (χ1v) is 9.18. The number of rotatable bonds is 6. The van der Waals surface area contributed by atoms with Crippen LogP contribution in [0.4, 0.5) is 10.1 Å². The summed E-state index contributed by atoms with van der Waals surface area (Å²) in [4.78, 5) is 12.0. The van der Waals surface area contributed by atoms with Crippen molar-refractivity contribution < 1.29 is 9.18 Å². The maximum atomic E-state index is 12.9. The maximum absolute atomic E-state index is 12.9. The molecule has 5 nitrogen and oxygen atoms in total. The smallest absolute Gasteiger partial charge is 0.234 e. The molecule has 1 aromatic heterocycles. The van der Waals surface area contributed by atoms with Crippen molar-refractivity contribution in [2.24, 2.45) is 7.05 Å². The van der Waals surface area contributed by atoms with Crippen LogP contribution in [-0.4, -0.2) is 26.4 Å². The Morgan fingerprint density at radius 2 is 1.85 bits per heavy atom. The van der Waals surface area contributed by atoms with Crippen LogP contribution >= 0.6 is 23.4 Å². The molecule has 1 heterocycles. The summed E-state index contributed by atoms with van der Waals surface area (Å²) < 4.78 is 14.7. The van der Waals surface area contributed by atoms with Crippen LogP contribution < -0.4 is 5.32 Å². The first-order chi connectivity index (χ1) is 12.5. The van der Waals surface area contributed by atoms with Gasteiger partial charge in [0.1, 0.15) is 11.6 Å². The fourth-order valence-corrected chi connectivity index (χ4v) is 3.13. The van der Waals surface area contributed by atoms with E-state index in [1.807, 2.05) is 35.9 Å². The van der Waals surface area contributed by atoms with Gasteiger partial charge in [-0.25, -0.2) is 4.39 Å². The van der Waals surface area contributed by atoms with Gasteiger partial charge in [-0.15, -0.1) is 10.2 Å². The Hall–Kier alpha value is -2.38. The van der Waals surface area contributed by atoms with Gasteiger partial charge in [0.25, 0.3) is 0 Å². The molecule has 0 radical (unpaired) electrons. The average molecular weight is 391 g/mol. The summed E-state index contributed by atoms with van der Waals surface area (Å²) in [5, 5.41) is 12.4. The topological polar surface area (TPSA) is 59.8 Å². The average Bonchev–Trinajstić information content (AvgIpc) is 2.97. The monoisotopic (exact) mass is 390 g/mol. The van der Waals surface area contributed by atoms with E-state index in [-0.39, 0.29) is 17.5 Å². The summed E-state index contributed by atoms with van der Waals surface area (Å²) in [6.45, 7) is 0. The number of aromatic nitrogens is 3. The Kier molecular flexibility index (Phi) is 5.90. The highest BCUT2D eigenvalue weighted by Crippen LogP contribution is 2.19. The van der Waals surface area contributed by atoms with Gasteiger partial charge >= 0.3 is 0 Å². The third-order valence-corrected chi connectivity index (χ3v) is 4.93. The molecule has 3 aromatic rings. The van der Waals surface area contributed by atoms with Crippen molar-refractivity contribution in [3.05, 3.63) is 70.8 Å². The molecule has 0 fully saturated rings. The first kappa shape index (κ1) is 18.4. The second kappa shape index (κ2) is 8.33. The molecular weight excluding hydrogens is 375 g/mol. The molecule has 0 spiro atoms. The molecule has 26 heavy (non-hydrogen) atoms. The number of amides is 1. The summed E-state index contributed by atoms with van der Waals surface area (Å²) >= 11 is 7.19. The minimum Gasteiger partial charge on any atom is -0.325 e. The summed E-state index contributed by atoms with van der Waals surface area (Å²) in [7, 11) is 1.87. The van der Waals surface area contributed by atoms with Crippen LogP contribution in [0.3, 0.4) is 0 Å². The Morgan fingerprint density at radius 3 is 2.54 bits per heavy atom. The molecule has 0 saturated heterocycles. The third kappa shape index (κ3) is 4.83. The lowest BCUT2D eigenvalue weighted by Gasteiger charge is -2.06. The van der Waals surface area contributed by atoms with E-state index >= 15 is 0 Å². The van der Waals surface area contributed by atoms with Crippen LogP contribution in [0.25, 0.3) is 0 Å². The molecule has 8 heteroatoms. The van der Waals surface area contributed by atoms with E-state index in [9.17, 15) is 9.18 Å². The number of hydrogen-bond donors (Lipinski definition) is 1. The van der Waals surface area contributed by atoms with Crippen LogP contribution in [0.15, 0.2) is 53.7 Å². The molecule has 0 aliphatic heterocycles. The second-order valence-electron chi connectivity index (χ2n) is 5.60. The van der Waals surface area contributed by atoms with Crippen molar-refractivity contribution in [2.45, 2.75) is 11.6 Å². The Labute approximate surface area is 159 Å². The summed E-state index contributed by atoms with van der Waals surface area (Å²) in [6, 6.07) is 13.2. The lowest BCUT2D eigenvalue weighted by atomic mass is 10.1. The number of hydrogen-bond acceptors (Lipinski definition) is 4. The number of thioether (sulfide) groups is 1. The summed E-state index contributed by atoms with van der Waals surface area (Å²) in [5.74, 6) is 0.451. The minimum absolute atomic E-state index is 0.185. The van der Waals surface area contributed by atoms with Gasteiger partial charge in [0, 0.05) is 24.2 Å². The predicted octanol–water partition coefficient (Wildman–Crippen LogP) is 3.93. The standard InChI is InChI=1S/C18H16ClFN4OS/c1-24-16(10-12-2-4-13(19)5-3-12)22-23-18(24)26-11-17(25)21-15-8-6-14(20)7-9-15/h2-9H,10-11H2,1H3,(H,21,25). The van der Waals surface area contributed by atoms with E-state index in [1.54, 1.807) is 0 Å². The van der Waals surface area contributed by atoms with Crippen LogP contribution in [0.2, 0.25) is 5.02 Å². The summed E-state index contributed by atoms with van der Waals surface area (Å²) in [6.07, 6.45) is 0.628. The van der Waals surface area contributed by atoms with Gasteiger partial charge in [-0.2, -0.15) is 0 Å². The first-order valence-electron chi connectivity index (χ1n) is 7.82. The van der Waals surface area contributed by atoms with Crippen LogP contribution in [0.1, 0.15) is 11.4 Å². The van der Waals surface area contributed by atoms with Crippen molar-refractivity contribution in [3.8, 4) is 0 Å². The van der Waals surface area contributed by atoms with Crippen molar-refractivity contribution >= 4 is 35.0 Å². The molecule has 0 aliphatic rings. The fourth-order valence-electron chi connectivity index (χ4n) is 2.27. The van der Waals surface area contributed by atoms with E-state index in [4.69, 9.17) is 11.6 Å².